The number of fused-ring (bicyclic) bond motifs is 1. The molecule has 4 rings (SSSR count). The quantitative estimate of drug-likeness (QED) is 0.519. The molecule has 7 heteroatoms. The summed E-state index contributed by atoms with van der Waals surface area (Å²) in [5, 5.41) is 12.5. The van der Waals surface area contributed by atoms with Gasteiger partial charge in [-0.25, -0.2) is 0 Å². The molecule has 0 bridgehead atoms. The standard InChI is InChI=1S/C26H30N4O3/c1-3-20-4-7-22(8-5-20)19(2)28-26(31)23(15-27)17-30-12-10-29(11-13-30)16-21-6-9-24-25(14-21)33-18-32-24/h4-9,14,17,19H,3,10-13,16,18H2,1-2H3,(H,28,31)/b23-17-. The molecule has 33 heavy (non-hydrogen) atoms. The van der Waals surface area contributed by atoms with Crippen LogP contribution in [-0.2, 0) is 17.8 Å². The average molecular weight is 447 g/mol. The number of nitrogens with zero attached hydrogens (tertiary/aromatic N) is 3. The predicted octanol–water partition coefficient (Wildman–Crippen LogP) is 3.38. The first-order valence-electron chi connectivity index (χ1n) is 11.4. The molecule has 0 radical (unpaired) electrons. The van der Waals surface area contributed by atoms with Gasteiger partial charge in [0.25, 0.3) is 5.91 Å². The second-order valence-corrected chi connectivity index (χ2v) is 8.44. The smallest absolute Gasteiger partial charge is 0.263 e. The Balaban J connectivity index is 1.29. The summed E-state index contributed by atoms with van der Waals surface area (Å²) >= 11 is 0. The van der Waals surface area contributed by atoms with E-state index in [4.69, 9.17) is 9.47 Å². The Hall–Kier alpha value is -3.50. The molecule has 0 saturated carbocycles. The first-order chi connectivity index (χ1) is 16.1. The van der Waals surface area contributed by atoms with Gasteiger partial charge in [-0.05, 0) is 42.2 Å². The summed E-state index contributed by atoms with van der Waals surface area (Å²) in [7, 11) is 0. The molecule has 0 aliphatic carbocycles. The average Bonchev–Trinajstić information content (AvgIpc) is 3.31. The van der Waals surface area contributed by atoms with Crippen LogP contribution in [-0.4, -0.2) is 48.7 Å². The first kappa shape index (κ1) is 22.7. The molecule has 1 amide bonds. The van der Waals surface area contributed by atoms with Crippen LogP contribution in [0.5, 0.6) is 11.5 Å². The van der Waals surface area contributed by atoms with Gasteiger partial charge in [0, 0.05) is 38.9 Å². The molecule has 0 aromatic heterocycles. The summed E-state index contributed by atoms with van der Waals surface area (Å²) in [4.78, 5) is 17.1. The molecule has 2 aromatic carbocycles. The molecule has 2 aliphatic rings. The lowest BCUT2D eigenvalue weighted by molar-refractivity contribution is -0.117. The van der Waals surface area contributed by atoms with E-state index in [0.717, 1.165) is 56.2 Å². The number of carbonyl (C=O) groups excluding carboxylic acids is 1. The summed E-state index contributed by atoms with van der Waals surface area (Å²) in [6.07, 6.45) is 2.67. The van der Waals surface area contributed by atoms with Crippen molar-refractivity contribution in [1.29, 1.82) is 5.26 Å². The molecule has 1 saturated heterocycles. The highest BCUT2D eigenvalue weighted by Crippen LogP contribution is 2.32. The van der Waals surface area contributed by atoms with Crippen LogP contribution in [0.15, 0.2) is 54.2 Å². The summed E-state index contributed by atoms with van der Waals surface area (Å²) in [6, 6.07) is 16.1. The Morgan fingerprint density at radius 3 is 2.48 bits per heavy atom. The highest BCUT2D eigenvalue weighted by molar-refractivity contribution is 5.97. The molecule has 2 aliphatic heterocycles. The van der Waals surface area contributed by atoms with E-state index < -0.39 is 0 Å². The number of aryl methyl sites for hydroxylation is 1. The van der Waals surface area contributed by atoms with Gasteiger partial charge in [-0.1, -0.05) is 37.3 Å². The van der Waals surface area contributed by atoms with Crippen LogP contribution in [0.25, 0.3) is 0 Å². The number of hydrogen-bond donors (Lipinski definition) is 1. The molecular weight excluding hydrogens is 416 g/mol. The largest absolute Gasteiger partial charge is 0.454 e. The van der Waals surface area contributed by atoms with Crippen LogP contribution in [0.2, 0.25) is 0 Å². The van der Waals surface area contributed by atoms with Gasteiger partial charge >= 0.3 is 0 Å². The van der Waals surface area contributed by atoms with E-state index in [0.29, 0.717) is 0 Å². The van der Waals surface area contributed by atoms with Crippen LogP contribution in [0, 0.1) is 11.3 Å². The van der Waals surface area contributed by atoms with E-state index in [1.807, 2.05) is 31.2 Å². The fourth-order valence-electron chi connectivity index (χ4n) is 4.07. The van der Waals surface area contributed by atoms with E-state index in [-0.39, 0.29) is 24.3 Å². The summed E-state index contributed by atoms with van der Waals surface area (Å²) in [5.74, 6) is 1.25. The van der Waals surface area contributed by atoms with E-state index in [9.17, 15) is 10.1 Å². The van der Waals surface area contributed by atoms with Crippen molar-refractivity contribution < 1.29 is 14.3 Å². The molecule has 2 aromatic rings. The maximum absolute atomic E-state index is 12.7. The van der Waals surface area contributed by atoms with Crippen molar-refractivity contribution in [2.75, 3.05) is 33.0 Å². The molecule has 1 unspecified atom stereocenters. The monoisotopic (exact) mass is 446 g/mol. The summed E-state index contributed by atoms with van der Waals surface area (Å²) in [5.41, 5.74) is 3.60. The Labute approximate surface area is 195 Å². The van der Waals surface area contributed by atoms with Gasteiger partial charge in [-0.3, -0.25) is 9.69 Å². The van der Waals surface area contributed by atoms with Crippen molar-refractivity contribution in [2.45, 2.75) is 32.9 Å². The molecule has 1 N–H and O–H groups in total. The zero-order chi connectivity index (χ0) is 23.2. The number of carbonyl (C=O) groups is 1. The third-order valence-corrected chi connectivity index (χ3v) is 6.16. The number of nitrogens with one attached hydrogen (secondary N) is 1. The molecule has 1 atom stereocenters. The second kappa shape index (κ2) is 10.4. The normalized spacial score (nSPS) is 16.9. The van der Waals surface area contributed by atoms with E-state index in [1.54, 1.807) is 6.20 Å². The molecule has 2 heterocycles. The minimum atomic E-state index is -0.340. The van der Waals surface area contributed by atoms with Crippen molar-refractivity contribution >= 4 is 5.91 Å². The van der Waals surface area contributed by atoms with E-state index >= 15 is 0 Å². The number of amides is 1. The van der Waals surface area contributed by atoms with Gasteiger partial charge in [0.15, 0.2) is 11.5 Å². The highest BCUT2D eigenvalue weighted by atomic mass is 16.7. The lowest BCUT2D eigenvalue weighted by Gasteiger charge is -2.34. The maximum Gasteiger partial charge on any atom is 0.263 e. The van der Waals surface area contributed by atoms with Crippen LogP contribution in [0.3, 0.4) is 0 Å². The first-order valence-corrected chi connectivity index (χ1v) is 11.4. The number of rotatable bonds is 7. The van der Waals surface area contributed by atoms with Crippen molar-refractivity contribution in [1.82, 2.24) is 15.1 Å². The lowest BCUT2D eigenvalue weighted by atomic mass is 10.0. The van der Waals surface area contributed by atoms with Gasteiger partial charge in [0.05, 0.1) is 6.04 Å². The predicted molar refractivity (Wildman–Crippen MR) is 125 cm³/mol. The molecule has 7 nitrogen and oxygen atoms in total. The van der Waals surface area contributed by atoms with Gasteiger partial charge < -0.3 is 19.7 Å². The maximum atomic E-state index is 12.7. The summed E-state index contributed by atoms with van der Waals surface area (Å²) in [6.45, 7) is 8.38. The zero-order valence-electron chi connectivity index (χ0n) is 19.2. The van der Waals surface area contributed by atoms with Crippen molar-refractivity contribution in [3.63, 3.8) is 0 Å². The van der Waals surface area contributed by atoms with Crippen molar-refractivity contribution in [2.24, 2.45) is 0 Å². The SMILES string of the molecule is CCc1ccc(C(C)NC(=O)/C(C#N)=C\N2CCN(Cc3ccc4c(c3)OCO4)CC2)cc1. The van der Waals surface area contributed by atoms with Crippen LogP contribution in [0.1, 0.15) is 36.6 Å². The number of benzene rings is 2. The van der Waals surface area contributed by atoms with Gasteiger partial charge in [0.2, 0.25) is 6.79 Å². The minimum Gasteiger partial charge on any atom is -0.454 e. The van der Waals surface area contributed by atoms with Gasteiger partial charge in [0.1, 0.15) is 11.6 Å². The van der Waals surface area contributed by atoms with Crippen LogP contribution in [0.4, 0.5) is 0 Å². The van der Waals surface area contributed by atoms with Gasteiger partial charge in [-0.15, -0.1) is 0 Å². The van der Waals surface area contributed by atoms with E-state index in [2.05, 4.69) is 46.3 Å². The topological polar surface area (TPSA) is 77.8 Å². The van der Waals surface area contributed by atoms with E-state index in [1.165, 1.54) is 11.1 Å². The molecular formula is C26H30N4O3. The van der Waals surface area contributed by atoms with Crippen LogP contribution >= 0.6 is 0 Å². The fourth-order valence-corrected chi connectivity index (χ4v) is 4.07. The Morgan fingerprint density at radius 1 is 1.09 bits per heavy atom. The molecule has 172 valence electrons. The number of nitriles is 1. The molecule has 0 spiro atoms. The fraction of sp³-hybridized carbons (Fsp3) is 0.385. The van der Waals surface area contributed by atoms with Crippen molar-refractivity contribution in [3.8, 4) is 17.6 Å². The van der Waals surface area contributed by atoms with Crippen LogP contribution < -0.4 is 14.8 Å². The number of hydrogen-bond acceptors (Lipinski definition) is 6. The van der Waals surface area contributed by atoms with Crippen molar-refractivity contribution in [3.05, 3.63) is 70.9 Å². The highest BCUT2D eigenvalue weighted by Gasteiger charge is 2.20. The third-order valence-electron chi connectivity index (χ3n) is 6.16. The number of ether oxygens (including phenoxy) is 2. The minimum absolute atomic E-state index is 0.135. The second-order valence-electron chi connectivity index (χ2n) is 8.44. The zero-order valence-corrected chi connectivity index (χ0v) is 19.2. The third kappa shape index (κ3) is 5.65. The van der Waals surface area contributed by atoms with Gasteiger partial charge in [-0.2, -0.15) is 5.26 Å². The lowest BCUT2D eigenvalue weighted by Crippen LogP contribution is -2.44. The summed E-state index contributed by atoms with van der Waals surface area (Å²) < 4.78 is 10.8. The number of piperazine rings is 1. The Bertz CT molecular complexity index is 1050. The molecule has 1 fully saturated rings. The Kier molecular flexibility index (Phi) is 7.16. The Morgan fingerprint density at radius 2 is 1.79 bits per heavy atom.